The predicted molar refractivity (Wildman–Crippen MR) is 396 cm³/mol. The molecule has 1 heterocycles. The first-order valence-corrected chi connectivity index (χ1v) is 33.3. The number of ether oxygens (including phenoxy) is 2. The Labute approximate surface area is 566 Å². The summed E-state index contributed by atoms with van der Waals surface area (Å²) in [5.41, 5.74) is 19.4. The van der Waals surface area contributed by atoms with Crippen LogP contribution in [0.1, 0.15) is 55.6 Å². The van der Waals surface area contributed by atoms with E-state index in [4.69, 9.17) is 9.47 Å². The van der Waals surface area contributed by atoms with Gasteiger partial charge < -0.3 is 19.3 Å². The third-order valence-corrected chi connectivity index (χ3v) is 20.5. The second-order valence-corrected chi connectivity index (χ2v) is 25.8. The summed E-state index contributed by atoms with van der Waals surface area (Å²) >= 11 is 1.74. The number of anilines is 6. The molecule has 0 amide bonds. The fraction of sp³-hybridized carbons (Fsp3) is 0.0222. The van der Waals surface area contributed by atoms with E-state index in [0.29, 0.717) is 0 Å². The highest BCUT2D eigenvalue weighted by Crippen LogP contribution is 2.60. The average Bonchev–Trinajstić information content (AvgIpc) is 1.56. The van der Waals surface area contributed by atoms with Crippen LogP contribution in [-0.2, 0) is 10.8 Å². The summed E-state index contributed by atoms with van der Waals surface area (Å²) in [5, 5.41) is 2.12. The molecule has 2 unspecified atom stereocenters. The van der Waals surface area contributed by atoms with Crippen molar-refractivity contribution in [3.8, 4) is 45.3 Å². The zero-order valence-electron chi connectivity index (χ0n) is 52.6. The second-order valence-electron chi connectivity index (χ2n) is 24.7. The van der Waals surface area contributed by atoms with E-state index in [1.54, 1.807) is 11.3 Å². The number of rotatable bonds is 16. The molecule has 15 aromatic rings. The smallest absolute Gasteiger partial charge is 0.127 e. The number of fused-ring (bicyclic) bond motifs is 9. The highest BCUT2D eigenvalue weighted by molar-refractivity contribution is 7.25. The van der Waals surface area contributed by atoms with Gasteiger partial charge in [-0.15, -0.1) is 11.3 Å². The Bertz CT molecular complexity index is 5160. The highest BCUT2D eigenvalue weighted by Gasteiger charge is 2.48. The van der Waals surface area contributed by atoms with Crippen molar-refractivity contribution in [2.24, 2.45) is 0 Å². The van der Waals surface area contributed by atoms with Crippen molar-refractivity contribution in [3.63, 3.8) is 0 Å². The lowest BCUT2D eigenvalue weighted by atomic mass is 9.67. The summed E-state index contributed by atoms with van der Waals surface area (Å²) in [7, 11) is 0. The predicted octanol–water partition coefficient (Wildman–Crippen LogP) is 24.9. The van der Waals surface area contributed by atoms with Crippen LogP contribution in [0.2, 0.25) is 0 Å². The minimum Gasteiger partial charge on any atom is -0.457 e. The zero-order valence-corrected chi connectivity index (χ0v) is 53.4. The van der Waals surface area contributed by atoms with Crippen LogP contribution in [0.4, 0.5) is 42.9 Å². The SMILES string of the molecule is C=Cc1ccc(Oc2ccc(C3(c4ccccc4)c4ccccc4-c4ccc(N(c5ccc(F)cc5)c5ccc6sc7ccc(N(c8ccc(F)cc8)c8ccc9c(c8)C(c8ccccc8)(c8ccc(Oc%10ccc(C=C)cc%10)cc8)c8ccccc8-9)cc7c6c5)cc43)cc2)cc1. The van der Waals surface area contributed by atoms with E-state index in [1.807, 2.05) is 84.9 Å². The van der Waals surface area contributed by atoms with Gasteiger partial charge in [-0.25, -0.2) is 8.78 Å². The maximum absolute atomic E-state index is 15.2. The van der Waals surface area contributed by atoms with Crippen molar-refractivity contribution < 1.29 is 18.3 Å². The molecule has 0 saturated carbocycles. The molecule has 0 N–H and O–H groups in total. The summed E-state index contributed by atoms with van der Waals surface area (Å²) in [6, 6.07) is 112. The average molecular weight is 1270 g/mol. The molecule has 7 heteroatoms. The molecule has 0 aliphatic heterocycles. The van der Waals surface area contributed by atoms with Crippen molar-refractivity contribution in [2.45, 2.75) is 10.8 Å². The summed E-state index contributed by atoms with van der Waals surface area (Å²) in [6.07, 6.45) is 3.65. The van der Waals surface area contributed by atoms with Gasteiger partial charge in [-0.2, -0.15) is 0 Å². The molecule has 462 valence electrons. The van der Waals surface area contributed by atoms with E-state index in [9.17, 15) is 0 Å². The molecule has 4 nitrogen and oxygen atoms in total. The molecule has 0 fully saturated rings. The van der Waals surface area contributed by atoms with Crippen LogP contribution >= 0.6 is 11.3 Å². The van der Waals surface area contributed by atoms with E-state index in [2.05, 4.69) is 253 Å². The Morgan fingerprint density at radius 2 is 0.598 bits per heavy atom. The maximum atomic E-state index is 15.2. The zero-order chi connectivity index (χ0) is 65.2. The molecular formula is C90H60F2N2O2S. The second kappa shape index (κ2) is 24.0. The van der Waals surface area contributed by atoms with Crippen molar-refractivity contribution >= 4 is 77.8 Å². The summed E-state index contributed by atoms with van der Waals surface area (Å²) < 4.78 is 45.5. The molecule has 1 aromatic heterocycles. The van der Waals surface area contributed by atoms with Gasteiger partial charge in [0.2, 0.25) is 0 Å². The maximum Gasteiger partial charge on any atom is 0.127 e. The lowest BCUT2D eigenvalue weighted by Gasteiger charge is -2.35. The van der Waals surface area contributed by atoms with Gasteiger partial charge in [0.05, 0.1) is 10.8 Å². The molecule has 14 aromatic carbocycles. The van der Waals surface area contributed by atoms with Crippen molar-refractivity contribution in [1.29, 1.82) is 0 Å². The van der Waals surface area contributed by atoms with Crippen molar-refractivity contribution in [1.82, 2.24) is 0 Å². The van der Waals surface area contributed by atoms with Crippen LogP contribution < -0.4 is 19.3 Å². The van der Waals surface area contributed by atoms with Gasteiger partial charge in [-0.3, -0.25) is 0 Å². The summed E-state index contributed by atoms with van der Waals surface area (Å²) in [5.74, 6) is 2.30. The number of thiophene rings is 1. The van der Waals surface area contributed by atoms with Crippen LogP contribution in [0, 0.1) is 11.6 Å². The fourth-order valence-electron chi connectivity index (χ4n) is 15.0. The Balaban J connectivity index is 0.801. The quantitative estimate of drug-likeness (QED) is 0.0963. The van der Waals surface area contributed by atoms with Crippen LogP contribution in [-0.4, -0.2) is 0 Å². The largest absolute Gasteiger partial charge is 0.457 e. The topological polar surface area (TPSA) is 24.9 Å². The van der Waals surface area contributed by atoms with E-state index < -0.39 is 10.8 Å². The number of benzene rings is 14. The van der Waals surface area contributed by atoms with Crippen LogP contribution in [0.5, 0.6) is 23.0 Å². The van der Waals surface area contributed by atoms with Gasteiger partial charge in [0.25, 0.3) is 0 Å². The fourth-order valence-corrected chi connectivity index (χ4v) is 16.1. The minimum absolute atomic E-state index is 0.319. The van der Waals surface area contributed by atoms with Gasteiger partial charge in [0.15, 0.2) is 0 Å². The van der Waals surface area contributed by atoms with Crippen molar-refractivity contribution in [3.05, 3.63) is 408 Å². The molecule has 2 aliphatic rings. The van der Waals surface area contributed by atoms with Crippen LogP contribution in [0.15, 0.2) is 341 Å². The van der Waals surface area contributed by atoms with Gasteiger partial charge in [0.1, 0.15) is 34.6 Å². The molecule has 0 saturated heterocycles. The minimum atomic E-state index is -0.741. The first-order valence-electron chi connectivity index (χ1n) is 32.4. The molecular weight excluding hydrogens is 1210 g/mol. The molecule has 97 heavy (non-hydrogen) atoms. The van der Waals surface area contributed by atoms with Gasteiger partial charge >= 0.3 is 0 Å². The number of halogens is 2. The molecule has 0 radical (unpaired) electrons. The first kappa shape index (κ1) is 58.6. The molecule has 0 spiro atoms. The van der Waals surface area contributed by atoms with Gasteiger partial charge in [0, 0.05) is 54.3 Å². The van der Waals surface area contributed by atoms with Crippen molar-refractivity contribution in [2.75, 3.05) is 9.80 Å². The number of hydrogen-bond donors (Lipinski definition) is 0. The Morgan fingerprint density at radius 3 is 0.979 bits per heavy atom. The van der Waals surface area contributed by atoms with Gasteiger partial charge in [-0.05, 0) is 236 Å². The molecule has 2 aliphatic carbocycles. The Kier molecular flexibility index (Phi) is 14.5. The molecule has 2 atom stereocenters. The third kappa shape index (κ3) is 9.93. The van der Waals surface area contributed by atoms with Crippen LogP contribution in [0.3, 0.4) is 0 Å². The van der Waals surface area contributed by atoms with E-state index in [0.717, 1.165) is 144 Å². The summed E-state index contributed by atoms with van der Waals surface area (Å²) in [6.45, 7) is 7.83. The lowest BCUT2D eigenvalue weighted by molar-refractivity contribution is 0.482. The third-order valence-electron chi connectivity index (χ3n) is 19.4. The van der Waals surface area contributed by atoms with Crippen LogP contribution in [0.25, 0.3) is 54.6 Å². The number of hydrogen-bond acceptors (Lipinski definition) is 5. The van der Waals surface area contributed by atoms with E-state index in [-0.39, 0.29) is 11.6 Å². The first-order chi connectivity index (χ1) is 47.7. The molecule has 0 bridgehead atoms. The van der Waals surface area contributed by atoms with Gasteiger partial charge in [-0.1, -0.05) is 195 Å². The van der Waals surface area contributed by atoms with E-state index in [1.165, 1.54) is 35.4 Å². The molecule has 17 rings (SSSR count). The number of nitrogens with zero attached hydrogens (tertiary/aromatic N) is 2. The monoisotopic (exact) mass is 1270 g/mol. The Morgan fingerprint density at radius 1 is 0.289 bits per heavy atom. The normalized spacial score (nSPS) is 14.9. The summed E-state index contributed by atoms with van der Waals surface area (Å²) in [4.78, 5) is 4.49. The lowest BCUT2D eigenvalue weighted by Crippen LogP contribution is -2.28. The Hall–Kier alpha value is -12.2. The standard InChI is InChI=1S/C90H60F2N2O2S/c1-3-59-23-43-73(44-24-59)95-75-47-27-63(28-48-75)89(61-15-7-5-8-16-61)83-21-13-11-19-77(83)79-51-39-71(57-85(79)89)93(67-35-31-65(91)32-36-67)69-41-53-87-81(55-69)82-56-70(42-54-88(82)97-87)94(68-37-33-66(92)34-38-68)72-40-52-80-78-20-12-14-22-84(78)90(86(80)58-72,62-17-9-6-10-18-62)64-29-49-76(50-30-64)96-74-45-25-60(4-2)26-46-74/h3-58H,1-2H2. The highest BCUT2D eigenvalue weighted by atomic mass is 32.1. The van der Waals surface area contributed by atoms with E-state index >= 15 is 8.78 Å².